The van der Waals surface area contributed by atoms with E-state index >= 15 is 0 Å². The molecule has 3 aromatic rings. The number of anilines is 2. The minimum absolute atomic E-state index is 0.0123. The van der Waals surface area contributed by atoms with Crippen LogP contribution in [-0.4, -0.2) is 29.9 Å². The Kier molecular flexibility index (Phi) is 7.46. The highest BCUT2D eigenvalue weighted by molar-refractivity contribution is 7.97. The van der Waals surface area contributed by atoms with Crippen LogP contribution >= 0.6 is 11.9 Å². The van der Waals surface area contributed by atoms with Gasteiger partial charge in [-0.15, -0.1) is 0 Å². The summed E-state index contributed by atoms with van der Waals surface area (Å²) in [5, 5.41) is 5.15. The number of pyridine rings is 1. The van der Waals surface area contributed by atoms with Crippen molar-refractivity contribution in [2.75, 3.05) is 23.9 Å². The molecule has 3 rings (SSSR count). The van der Waals surface area contributed by atoms with Gasteiger partial charge in [-0.2, -0.15) is 0 Å². The molecule has 164 valence electrons. The van der Waals surface area contributed by atoms with Crippen molar-refractivity contribution in [2.24, 2.45) is 0 Å². The molecule has 0 aliphatic rings. The van der Waals surface area contributed by atoms with Gasteiger partial charge in [0.15, 0.2) is 11.5 Å². The fraction of sp³-hybridized carbons (Fsp3) is 0.304. The van der Waals surface area contributed by atoms with Crippen LogP contribution in [0.2, 0.25) is 0 Å². The van der Waals surface area contributed by atoms with Crippen LogP contribution in [0.3, 0.4) is 0 Å². The third kappa shape index (κ3) is 5.52. The van der Waals surface area contributed by atoms with Crippen molar-refractivity contribution in [3.8, 4) is 11.5 Å². The van der Waals surface area contributed by atoms with Gasteiger partial charge in [0.1, 0.15) is 11.9 Å². The van der Waals surface area contributed by atoms with E-state index in [-0.39, 0.29) is 12.0 Å². The quantitative estimate of drug-likeness (QED) is 0.420. The van der Waals surface area contributed by atoms with Crippen molar-refractivity contribution in [3.63, 3.8) is 0 Å². The van der Waals surface area contributed by atoms with Crippen molar-refractivity contribution in [1.29, 1.82) is 0 Å². The average Bonchev–Trinajstić information content (AvgIpc) is 2.73. The molecule has 31 heavy (non-hydrogen) atoms. The predicted octanol–water partition coefficient (Wildman–Crippen LogP) is 4.55. The van der Waals surface area contributed by atoms with E-state index in [1.165, 1.54) is 11.9 Å². The zero-order valence-corrected chi connectivity index (χ0v) is 19.0. The largest absolute Gasteiger partial charge is 0.490 e. The Hall–Kier alpha value is -3.13. The molecule has 1 unspecified atom stereocenters. The molecule has 0 aliphatic carbocycles. The van der Waals surface area contributed by atoms with Crippen LogP contribution < -0.4 is 25.2 Å². The number of benzene rings is 2. The lowest BCUT2D eigenvalue weighted by Gasteiger charge is -2.22. The summed E-state index contributed by atoms with van der Waals surface area (Å²) in [7, 11) is 0. The molecule has 1 amide bonds. The fourth-order valence-corrected chi connectivity index (χ4v) is 3.56. The van der Waals surface area contributed by atoms with Crippen LogP contribution in [-0.2, 0) is 4.79 Å². The molecule has 0 saturated carbocycles. The van der Waals surface area contributed by atoms with Gasteiger partial charge in [0.25, 0.3) is 5.91 Å². The monoisotopic (exact) mass is 440 g/mol. The van der Waals surface area contributed by atoms with Gasteiger partial charge in [0.05, 0.1) is 12.7 Å². The van der Waals surface area contributed by atoms with Crippen LogP contribution in [0.25, 0.3) is 10.8 Å². The number of carbonyl (C=O) groups excluding carboxylic acids is 1. The van der Waals surface area contributed by atoms with Crippen LogP contribution in [0.1, 0.15) is 32.4 Å². The van der Waals surface area contributed by atoms with Crippen LogP contribution in [0, 0.1) is 0 Å². The van der Waals surface area contributed by atoms with Crippen molar-refractivity contribution in [2.45, 2.75) is 32.9 Å². The van der Waals surface area contributed by atoms with Gasteiger partial charge in [-0.1, -0.05) is 18.0 Å². The molecular weight excluding hydrogens is 412 g/mol. The topological polar surface area (TPSA) is 98.5 Å². The summed E-state index contributed by atoms with van der Waals surface area (Å²) in [4.78, 5) is 17.0. The maximum Gasteiger partial charge on any atom is 0.256 e. The maximum absolute atomic E-state index is 12.9. The third-order valence-electron chi connectivity index (χ3n) is 4.53. The van der Waals surface area contributed by atoms with E-state index in [9.17, 15) is 4.79 Å². The molecule has 0 bridgehead atoms. The van der Waals surface area contributed by atoms with Crippen molar-refractivity contribution >= 4 is 40.1 Å². The highest BCUT2D eigenvalue weighted by Gasteiger charge is 2.22. The molecular formula is C23H28N4O3S. The van der Waals surface area contributed by atoms with E-state index in [0.29, 0.717) is 23.9 Å². The minimum atomic E-state index is -0.628. The predicted molar refractivity (Wildman–Crippen MR) is 128 cm³/mol. The zero-order chi connectivity index (χ0) is 22.4. The number of nitrogens with zero attached hydrogens (tertiary/aromatic N) is 1. The summed E-state index contributed by atoms with van der Waals surface area (Å²) in [5.74, 6) is 1.57. The Morgan fingerprint density at radius 2 is 1.97 bits per heavy atom. The first-order valence-corrected chi connectivity index (χ1v) is 11.3. The Labute approximate surface area is 186 Å². The number of nitrogen functional groups attached to an aromatic ring is 1. The molecule has 4 N–H and O–H groups in total. The highest BCUT2D eigenvalue weighted by Crippen LogP contribution is 2.33. The van der Waals surface area contributed by atoms with E-state index in [1.54, 1.807) is 6.20 Å². The molecule has 0 saturated heterocycles. The van der Waals surface area contributed by atoms with E-state index in [4.69, 9.17) is 15.2 Å². The first kappa shape index (κ1) is 22.6. The molecule has 7 nitrogen and oxygen atoms in total. The normalized spacial score (nSPS) is 11.9. The molecule has 2 aromatic carbocycles. The lowest BCUT2D eigenvalue weighted by Crippen LogP contribution is -2.29. The Morgan fingerprint density at radius 3 is 2.68 bits per heavy atom. The van der Waals surface area contributed by atoms with Gasteiger partial charge in [-0.05, 0) is 68.1 Å². The second kappa shape index (κ2) is 10.3. The number of rotatable bonds is 9. The van der Waals surface area contributed by atoms with E-state index in [1.807, 2.05) is 69.5 Å². The van der Waals surface area contributed by atoms with Crippen molar-refractivity contribution < 1.29 is 14.3 Å². The number of ether oxygens (including phenoxy) is 2. The van der Waals surface area contributed by atoms with Gasteiger partial charge >= 0.3 is 0 Å². The highest BCUT2D eigenvalue weighted by atomic mass is 32.2. The maximum atomic E-state index is 12.9. The SMILES string of the molecule is CCOc1cc(C(Nc2ccc3c(N)nccc3c2)C(=O)NSC)ccc1OC(C)C. The number of aromatic nitrogens is 1. The average molecular weight is 441 g/mol. The lowest BCUT2D eigenvalue weighted by molar-refractivity contribution is -0.120. The second-order valence-electron chi connectivity index (χ2n) is 7.19. The smallest absolute Gasteiger partial charge is 0.256 e. The summed E-state index contributed by atoms with van der Waals surface area (Å²) >= 11 is 1.25. The zero-order valence-electron chi connectivity index (χ0n) is 18.1. The van der Waals surface area contributed by atoms with Gasteiger partial charge in [0, 0.05) is 23.5 Å². The molecule has 0 radical (unpaired) electrons. The Bertz CT molecular complexity index is 1060. The lowest BCUT2D eigenvalue weighted by atomic mass is 10.0. The molecule has 8 heteroatoms. The number of nitrogens with one attached hydrogen (secondary N) is 2. The number of nitrogens with two attached hydrogens (primary N) is 1. The summed E-state index contributed by atoms with van der Waals surface area (Å²) in [5.41, 5.74) is 7.51. The van der Waals surface area contributed by atoms with Crippen molar-refractivity contribution in [3.05, 3.63) is 54.2 Å². The van der Waals surface area contributed by atoms with E-state index < -0.39 is 6.04 Å². The Balaban J connectivity index is 1.97. The third-order valence-corrected chi connectivity index (χ3v) is 4.94. The summed E-state index contributed by atoms with van der Waals surface area (Å²) < 4.78 is 14.5. The van der Waals surface area contributed by atoms with Gasteiger partial charge in [0.2, 0.25) is 0 Å². The number of amides is 1. The van der Waals surface area contributed by atoms with Gasteiger partial charge in [-0.3, -0.25) is 9.52 Å². The molecule has 0 aliphatic heterocycles. The van der Waals surface area contributed by atoms with Crippen molar-refractivity contribution in [1.82, 2.24) is 9.71 Å². The van der Waals surface area contributed by atoms with Gasteiger partial charge in [-0.25, -0.2) is 4.98 Å². The molecule has 0 spiro atoms. The number of hydrogen-bond donors (Lipinski definition) is 3. The molecule has 1 heterocycles. The number of carbonyl (C=O) groups is 1. The first-order valence-electron chi connectivity index (χ1n) is 10.1. The molecule has 0 fully saturated rings. The summed E-state index contributed by atoms with van der Waals surface area (Å²) in [6.07, 6.45) is 3.49. The Morgan fingerprint density at radius 1 is 1.16 bits per heavy atom. The van der Waals surface area contributed by atoms with Crippen LogP contribution in [0.15, 0.2) is 48.7 Å². The van der Waals surface area contributed by atoms with E-state index in [2.05, 4.69) is 15.0 Å². The minimum Gasteiger partial charge on any atom is -0.490 e. The van der Waals surface area contributed by atoms with E-state index in [0.717, 1.165) is 22.0 Å². The number of fused-ring (bicyclic) bond motifs is 1. The number of hydrogen-bond acceptors (Lipinski definition) is 7. The standard InChI is InChI=1S/C23H28N4O3S/c1-5-29-20-13-16(6-9-19(20)30-14(2)3)21(23(28)27-31-4)26-17-7-8-18-15(12-17)10-11-25-22(18)24/h6-14,21,26H,5H2,1-4H3,(H2,24,25)(H,27,28). The summed E-state index contributed by atoms with van der Waals surface area (Å²) in [6.45, 7) is 6.33. The molecule has 1 atom stereocenters. The fourth-order valence-electron chi connectivity index (χ4n) is 3.24. The van der Waals surface area contributed by atoms with Gasteiger partial charge < -0.3 is 20.5 Å². The van der Waals surface area contributed by atoms with Crippen LogP contribution in [0.4, 0.5) is 11.5 Å². The molecule has 1 aromatic heterocycles. The summed E-state index contributed by atoms with van der Waals surface area (Å²) in [6, 6.07) is 12.6. The van der Waals surface area contributed by atoms with Crippen LogP contribution in [0.5, 0.6) is 11.5 Å². The second-order valence-corrected chi connectivity index (χ2v) is 7.80. The first-order chi connectivity index (χ1) is 14.9.